The Bertz CT molecular complexity index is 322. The third kappa shape index (κ3) is 1.76. The number of hydrogen-bond acceptors (Lipinski definition) is 3. The molecule has 1 fully saturated rings. The maximum absolute atomic E-state index is 9.38. The summed E-state index contributed by atoms with van der Waals surface area (Å²) < 4.78 is 1.13. The number of halogens is 1. The minimum atomic E-state index is 0.110. The Kier molecular flexibility index (Phi) is 2.98. The van der Waals surface area contributed by atoms with Crippen molar-refractivity contribution >= 4 is 27.3 Å². The van der Waals surface area contributed by atoms with E-state index in [9.17, 15) is 5.11 Å². The lowest BCUT2D eigenvalue weighted by Gasteiger charge is -2.23. The van der Waals surface area contributed by atoms with Gasteiger partial charge in [0.05, 0.1) is 6.61 Å². The average molecular weight is 276 g/mol. The second kappa shape index (κ2) is 3.93. The first-order chi connectivity index (χ1) is 6.72. The largest absolute Gasteiger partial charge is 0.396 e. The lowest BCUT2D eigenvalue weighted by molar-refractivity contribution is 0.177. The fraction of sp³-hybridized carbons (Fsp3) is 0.600. The zero-order valence-electron chi connectivity index (χ0n) is 8.09. The molecule has 78 valence electrons. The second-order valence-electron chi connectivity index (χ2n) is 3.91. The molecule has 0 aliphatic heterocycles. The minimum Gasteiger partial charge on any atom is -0.396 e. The van der Waals surface area contributed by atoms with Gasteiger partial charge in [-0.05, 0) is 41.9 Å². The molecule has 1 aliphatic carbocycles. The van der Waals surface area contributed by atoms with E-state index in [1.54, 1.807) is 11.3 Å². The standard InChI is InChI=1S/C10H14BrNOS/c1-12-9(10(6-13)2-3-10)8-4-7(11)5-14-8/h4-5,9,12-13H,2-3,6H2,1H3. The van der Waals surface area contributed by atoms with Gasteiger partial charge in [-0.1, -0.05) is 0 Å². The van der Waals surface area contributed by atoms with Crippen LogP contribution in [0.25, 0.3) is 0 Å². The van der Waals surface area contributed by atoms with Crippen LogP contribution < -0.4 is 5.32 Å². The van der Waals surface area contributed by atoms with Gasteiger partial charge in [-0.15, -0.1) is 11.3 Å². The summed E-state index contributed by atoms with van der Waals surface area (Å²) in [6.45, 7) is 0.286. The Hall–Kier alpha value is 0.1000. The van der Waals surface area contributed by atoms with Crippen molar-refractivity contribution in [1.82, 2.24) is 5.32 Å². The number of aliphatic hydroxyl groups excluding tert-OH is 1. The lowest BCUT2D eigenvalue weighted by Crippen LogP contribution is -2.28. The molecule has 0 radical (unpaired) electrons. The van der Waals surface area contributed by atoms with Gasteiger partial charge < -0.3 is 10.4 Å². The van der Waals surface area contributed by atoms with Crippen LogP contribution in [0.4, 0.5) is 0 Å². The highest BCUT2D eigenvalue weighted by atomic mass is 79.9. The van der Waals surface area contributed by atoms with Gasteiger partial charge >= 0.3 is 0 Å². The number of nitrogens with one attached hydrogen (secondary N) is 1. The van der Waals surface area contributed by atoms with Crippen LogP contribution in [0.2, 0.25) is 0 Å². The topological polar surface area (TPSA) is 32.3 Å². The first-order valence-corrected chi connectivity index (χ1v) is 6.41. The van der Waals surface area contributed by atoms with Crippen LogP contribution in [0.15, 0.2) is 15.9 Å². The van der Waals surface area contributed by atoms with Crippen molar-refractivity contribution in [2.45, 2.75) is 18.9 Å². The molecular formula is C10H14BrNOS. The number of aliphatic hydroxyl groups is 1. The van der Waals surface area contributed by atoms with Crippen molar-refractivity contribution < 1.29 is 5.11 Å². The first kappa shape index (κ1) is 10.6. The van der Waals surface area contributed by atoms with E-state index in [1.807, 2.05) is 7.05 Å². The van der Waals surface area contributed by atoms with Crippen molar-refractivity contribution in [2.24, 2.45) is 5.41 Å². The molecule has 1 saturated carbocycles. The van der Waals surface area contributed by atoms with E-state index in [2.05, 4.69) is 32.7 Å². The van der Waals surface area contributed by atoms with Gasteiger partial charge in [0, 0.05) is 26.2 Å². The molecule has 2 nitrogen and oxygen atoms in total. The van der Waals surface area contributed by atoms with Gasteiger partial charge in [0.1, 0.15) is 0 Å². The predicted octanol–water partition coefficient (Wildman–Crippen LogP) is 2.54. The van der Waals surface area contributed by atoms with E-state index in [1.165, 1.54) is 4.88 Å². The number of thiophene rings is 1. The van der Waals surface area contributed by atoms with E-state index >= 15 is 0 Å². The summed E-state index contributed by atoms with van der Waals surface area (Å²) in [7, 11) is 1.97. The van der Waals surface area contributed by atoms with Crippen LogP contribution in [0, 0.1) is 5.41 Å². The third-order valence-electron chi connectivity index (χ3n) is 2.98. The molecule has 1 aromatic heterocycles. The molecule has 0 aromatic carbocycles. The van der Waals surface area contributed by atoms with E-state index in [4.69, 9.17) is 0 Å². The summed E-state index contributed by atoms with van der Waals surface area (Å²) in [4.78, 5) is 1.31. The molecule has 1 atom stereocenters. The van der Waals surface area contributed by atoms with Crippen LogP contribution in [-0.2, 0) is 0 Å². The Morgan fingerprint density at radius 3 is 2.79 bits per heavy atom. The molecule has 1 unspecified atom stereocenters. The average Bonchev–Trinajstić information content (AvgIpc) is 2.86. The van der Waals surface area contributed by atoms with Gasteiger partial charge in [0.25, 0.3) is 0 Å². The van der Waals surface area contributed by atoms with Crippen LogP contribution in [-0.4, -0.2) is 18.8 Å². The molecule has 0 saturated heterocycles. The summed E-state index contributed by atoms with van der Waals surface area (Å²) in [5.41, 5.74) is 0.110. The zero-order valence-corrected chi connectivity index (χ0v) is 10.5. The Balaban J connectivity index is 2.22. The highest BCUT2D eigenvalue weighted by molar-refractivity contribution is 9.10. The van der Waals surface area contributed by atoms with Gasteiger partial charge in [-0.2, -0.15) is 0 Å². The molecule has 4 heteroatoms. The van der Waals surface area contributed by atoms with Crippen molar-refractivity contribution in [1.29, 1.82) is 0 Å². The zero-order chi connectivity index (χ0) is 10.2. The van der Waals surface area contributed by atoms with E-state index in [0.717, 1.165) is 17.3 Å². The molecule has 14 heavy (non-hydrogen) atoms. The maximum atomic E-state index is 9.38. The van der Waals surface area contributed by atoms with Gasteiger partial charge in [0.2, 0.25) is 0 Å². The molecule has 2 rings (SSSR count). The summed E-state index contributed by atoms with van der Waals surface area (Å²) in [6, 6.07) is 2.45. The van der Waals surface area contributed by atoms with Crippen LogP contribution >= 0.6 is 27.3 Å². The highest BCUT2D eigenvalue weighted by Crippen LogP contribution is 2.55. The van der Waals surface area contributed by atoms with Gasteiger partial charge in [-0.3, -0.25) is 0 Å². The van der Waals surface area contributed by atoms with Crippen molar-refractivity contribution in [2.75, 3.05) is 13.7 Å². The van der Waals surface area contributed by atoms with Crippen molar-refractivity contribution in [3.05, 3.63) is 20.8 Å². The SMILES string of the molecule is CNC(c1cc(Br)cs1)C1(CO)CC1. The van der Waals surface area contributed by atoms with Gasteiger partial charge in [-0.25, -0.2) is 0 Å². The van der Waals surface area contributed by atoms with E-state index in [-0.39, 0.29) is 12.0 Å². The summed E-state index contributed by atoms with van der Waals surface area (Å²) in [6.07, 6.45) is 2.26. The Morgan fingerprint density at radius 1 is 1.71 bits per heavy atom. The molecule has 0 amide bonds. The monoisotopic (exact) mass is 275 g/mol. The molecule has 0 spiro atoms. The second-order valence-corrected chi connectivity index (χ2v) is 5.77. The lowest BCUT2D eigenvalue weighted by atomic mass is 9.96. The predicted molar refractivity (Wildman–Crippen MR) is 62.6 cm³/mol. The van der Waals surface area contributed by atoms with E-state index < -0.39 is 0 Å². The van der Waals surface area contributed by atoms with E-state index in [0.29, 0.717) is 6.04 Å². The molecule has 0 bridgehead atoms. The first-order valence-electron chi connectivity index (χ1n) is 4.74. The van der Waals surface area contributed by atoms with Crippen molar-refractivity contribution in [3.8, 4) is 0 Å². The maximum Gasteiger partial charge on any atom is 0.0505 e. The van der Waals surface area contributed by atoms with Crippen molar-refractivity contribution in [3.63, 3.8) is 0 Å². The Morgan fingerprint density at radius 2 is 2.43 bits per heavy atom. The van der Waals surface area contributed by atoms with Crippen LogP contribution in [0.1, 0.15) is 23.8 Å². The molecule has 1 aliphatic rings. The number of hydrogen-bond donors (Lipinski definition) is 2. The normalized spacial score (nSPS) is 20.8. The molecule has 2 N–H and O–H groups in total. The Labute approximate surface area is 96.5 Å². The van der Waals surface area contributed by atoms with Crippen LogP contribution in [0.5, 0.6) is 0 Å². The minimum absolute atomic E-state index is 0.110. The molecule has 1 heterocycles. The fourth-order valence-corrected chi connectivity index (χ4v) is 3.62. The molecular weight excluding hydrogens is 262 g/mol. The van der Waals surface area contributed by atoms with Crippen LogP contribution in [0.3, 0.4) is 0 Å². The quantitative estimate of drug-likeness (QED) is 0.885. The summed E-state index contributed by atoms with van der Waals surface area (Å²) in [5, 5.41) is 14.8. The number of rotatable bonds is 4. The smallest absolute Gasteiger partial charge is 0.0505 e. The highest BCUT2D eigenvalue weighted by Gasteiger charge is 2.49. The molecule has 1 aromatic rings. The summed E-state index contributed by atoms with van der Waals surface area (Å²) in [5.74, 6) is 0. The third-order valence-corrected chi connectivity index (χ3v) is 4.74. The fourth-order valence-electron chi connectivity index (χ4n) is 1.93. The summed E-state index contributed by atoms with van der Waals surface area (Å²) >= 11 is 5.20. The van der Waals surface area contributed by atoms with Gasteiger partial charge in [0.15, 0.2) is 0 Å².